The molecule has 4 N–H and O–H groups in total. The number of rotatable bonds is 7. The molecule has 1 atom stereocenters. The number of nitrogens with zero attached hydrogens (tertiary/aromatic N) is 5. The molecular formula is C20H26N8O3. The summed E-state index contributed by atoms with van der Waals surface area (Å²) in [5.74, 6) is 1.56. The minimum atomic E-state index is -0.287. The Hall–Kier alpha value is -3.63. The number of amides is 2. The number of carbonyl (C=O) groups excluding carboxylic acids is 1. The van der Waals surface area contributed by atoms with E-state index in [1.165, 1.54) is 26.1 Å². The van der Waals surface area contributed by atoms with Crippen LogP contribution in [0.4, 0.5) is 22.1 Å². The van der Waals surface area contributed by atoms with Crippen LogP contribution in [0.2, 0.25) is 0 Å². The lowest BCUT2D eigenvalue weighted by Gasteiger charge is -2.25. The highest BCUT2D eigenvalue weighted by atomic mass is 16.6. The normalized spacial score (nSPS) is 18.6. The minimum Gasteiger partial charge on any atom is -0.474 e. The Bertz CT molecular complexity index is 933. The molecule has 1 aliphatic heterocycles. The van der Waals surface area contributed by atoms with Crippen molar-refractivity contribution in [1.29, 1.82) is 0 Å². The monoisotopic (exact) mass is 426 g/mol. The zero-order valence-electron chi connectivity index (χ0n) is 17.3. The van der Waals surface area contributed by atoms with Crippen molar-refractivity contribution in [3.63, 3.8) is 0 Å². The van der Waals surface area contributed by atoms with E-state index in [2.05, 4.69) is 30.7 Å². The molecule has 2 amide bonds. The molecule has 2 aromatic heterocycles. The summed E-state index contributed by atoms with van der Waals surface area (Å²) < 4.78 is 5.73. The van der Waals surface area contributed by atoms with Gasteiger partial charge in [-0.3, -0.25) is 0 Å². The number of oxime groups is 1. The molecule has 164 valence electrons. The van der Waals surface area contributed by atoms with Crippen LogP contribution in [0.3, 0.4) is 0 Å². The number of aromatic nitrogens is 3. The lowest BCUT2D eigenvalue weighted by atomic mass is 9.96. The van der Waals surface area contributed by atoms with E-state index in [4.69, 9.17) is 15.3 Å². The number of nitrogens with two attached hydrogens (primary N) is 1. The minimum absolute atomic E-state index is 0.0439. The van der Waals surface area contributed by atoms with Gasteiger partial charge in [-0.1, -0.05) is 5.16 Å². The van der Waals surface area contributed by atoms with Gasteiger partial charge >= 0.3 is 6.03 Å². The molecule has 1 aliphatic carbocycles. The van der Waals surface area contributed by atoms with Crippen molar-refractivity contribution in [1.82, 2.24) is 20.3 Å². The average Bonchev–Trinajstić information content (AvgIpc) is 3.19. The maximum absolute atomic E-state index is 12.4. The van der Waals surface area contributed by atoms with Gasteiger partial charge in [0.2, 0.25) is 5.88 Å². The zero-order chi connectivity index (χ0) is 21.6. The van der Waals surface area contributed by atoms with Gasteiger partial charge in [0.1, 0.15) is 31.2 Å². The fourth-order valence-corrected chi connectivity index (χ4v) is 3.49. The van der Waals surface area contributed by atoms with Crippen LogP contribution >= 0.6 is 0 Å². The molecule has 1 saturated carbocycles. The molecular weight excluding hydrogens is 400 g/mol. The molecule has 3 heterocycles. The summed E-state index contributed by atoms with van der Waals surface area (Å²) >= 11 is 0. The van der Waals surface area contributed by atoms with Crippen molar-refractivity contribution in [2.24, 2.45) is 5.16 Å². The summed E-state index contributed by atoms with van der Waals surface area (Å²) in [6, 6.07) is 3.22. The predicted octanol–water partition coefficient (Wildman–Crippen LogP) is 1.77. The predicted molar refractivity (Wildman–Crippen MR) is 116 cm³/mol. The second-order valence-electron chi connectivity index (χ2n) is 7.50. The van der Waals surface area contributed by atoms with E-state index in [-0.39, 0.29) is 18.2 Å². The molecule has 1 unspecified atom stereocenters. The molecule has 11 nitrogen and oxygen atoms in total. The highest BCUT2D eigenvalue weighted by Gasteiger charge is 2.27. The van der Waals surface area contributed by atoms with Gasteiger partial charge in [-0.15, -0.1) is 0 Å². The van der Waals surface area contributed by atoms with Gasteiger partial charge in [0.15, 0.2) is 0 Å². The van der Waals surface area contributed by atoms with Gasteiger partial charge in [-0.05, 0) is 31.7 Å². The van der Waals surface area contributed by atoms with E-state index in [1.807, 2.05) is 4.90 Å². The van der Waals surface area contributed by atoms with Crippen molar-refractivity contribution in [3.05, 3.63) is 30.2 Å². The molecule has 2 fully saturated rings. The molecule has 31 heavy (non-hydrogen) atoms. The first kappa shape index (κ1) is 20.6. The number of anilines is 3. The van der Waals surface area contributed by atoms with Gasteiger partial charge in [-0.25, -0.2) is 19.7 Å². The van der Waals surface area contributed by atoms with Crippen LogP contribution in [0.25, 0.3) is 0 Å². The molecule has 2 aromatic rings. The summed E-state index contributed by atoms with van der Waals surface area (Å²) in [4.78, 5) is 31.8. The van der Waals surface area contributed by atoms with E-state index in [0.29, 0.717) is 41.9 Å². The van der Waals surface area contributed by atoms with Gasteiger partial charge in [0, 0.05) is 25.2 Å². The third-order valence-electron chi connectivity index (χ3n) is 5.34. The second kappa shape index (κ2) is 9.45. The van der Waals surface area contributed by atoms with E-state index < -0.39 is 0 Å². The smallest absolute Gasteiger partial charge is 0.319 e. The Morgan fingerprint density at radius 2 is 2.16 bits per heavy atom. The van der Waals surface area contributed by atoms with Crippen LogP contribution in [-0.4, -0.2) is 59.5 Å². The SMILES string of the molecule is CON=Cc1c(N)ncnc1N1CCC(NC(=O)Nc2ccc(OC3CCC3)nc2)C1. The number of pyridine rings is 1. The summed E-state index contributed by atoms with van der Waals surface area (Å²) in [5, 5.41) is 9.57. The molecule has 1 saturated heterocycles. The van der Waals surface area contributed by atoms with Crippen molar-refractivity contribution in [3.8, 4) is 5.88 Å². The first-order valence-electron chi connectivity index (χ1n) is 10.2. The zero-order valence-corrected chi connectivity index (χ0v) is 17.3. The van der Waals surface area contributed by atoms with Crippen LogP contribution in [0, 0.1) is 0 Å². The molecule has 0 aromatic carbocycles. The number of urea groups is 1. The summed E-state index contributed by atoms with van der Waals surface area (Å²) in [6.45, 7) is 1.30. The van der Waals surface area contributed by atoms with E-state index in [1.54, 1.807) is 18.3 Å². The molecule has 2 aliphatic rings. The number of carbonyl (C=O) groups is 1. The number of ether oxygens (including phenoxy) is 1. The summed E-state index contributed by atoms with van der Waals surface area (Å²) in [5.41, 5.74) is 7.15. The topological polar surface area (TPSA) is 140 Å². The standard InChI is InChI=1S/C20H26N8O3/c1-30-25-10-16-18(21)23-12-24-19(16)28-8-7-14(11-28)27-20(29)26-13-5-6-17(22-9-13)31-15-3-2-4-15/h5-6,9-10,12,14-15H,2-4,7-8,11H2,1H3,(H2,21,23,24)(H2,26,27,29). The largest absolute Gasteiger partial charge is 0.474 e. The Morgan fingerprint density at radius 1 is 1.29 bits per heavy atom. The molecule has 11 heteroatoms. The van der Waals surface area contributed by atoms with Crippen molar-refractivity contribution >= 4 is 29.6 Å². The first-order chi connectivity index (χ1) is 15.1. The van der Waals surface area contributed by atoms with E-state index >= 15 is 0 Å². The highest BCUT2D eigenvalue weighted by molar-refractivity contribution is 5.92. The fourth-order valence-electron chi connectivity index (χ4n) is 3.49. The van der Waals surface area contributed by atoms with Crippen LogP contribution in [0.5, 0.6) is 5.88 Å². The number of nitrogens with one attached hydrogen (secondary N) is 2. The molecule has 4 rings (SSSR count). The third kappa shape index (κ3) is 5.11. The fraction of sp³-hybridized carbons (Fsp3) is 0.450. The lowest BCUT2D eigenvalue weighted by Crippen LogP contribution is -2.40. The van der Waals surface area contributed by atoms with Crippen molar-refractivity contribution in [2.45, 2.75) is 37.8 Å². The number of hydrogen-bond acceptors (Lipinski definition) is 9. The van der Waals surface area contributed by atoms with Crippen molar-refractivity contribution < 1.29 is 14.4 Å². The van der Waals surface area contributed by atoms with Crippen molar-refractivity contribution in [2.75, 3.05) is 36.1 Å². The van der Waals surface area contributed by atoms with Crippen LogP contribution in [0.15, 0.2) is 29.8 Å². The summed E-state index contributed by atoms with van der Waals surface area (Å²) in [7, 11) is 1.45. The van der Waals surface area contributed by atoms with E-state index in [0.717, 1.165) is 19.3 Å². The second-order valence-corrected chi connectivity index (χ2v) is 7.50. The van der Waals surface area contributed by atoms with Gasteiger partial charge in [0.25, 0.3) is 0 Å². The Balaban J connectivity index is 1.30. The Kier molecular flexibility index (Phi) is 6.29. The summed E-state index contributed by atoms with van der Waals surface area (Å²) in [6.07, 6.45) is 8.89. The highest BCUT2D eigenvalue weighted by Crippen LogP contribution is 2.25. The van der Waals surface area contributed by atoms with Gasteiger partial charge < -0.3 is 30.8 Å². The van der Waals surface area contributed by atoms with Gasteiger partial charge in [-0.2, -0.15) is 0 Å². The third-order valence-corrected chi connectivity index (χ3v) is 5.34. The van der Waals surface area contributed by atoms with Crippen LogP contribution in [-0.2, 0) is 4.84 Å². The maximum atomic E-state index is 12.4. The number of hydrogen-bond donors (Lipinski definition) is 3. The Labute approximate surface area is 180 Å². The maximum Gasteiger partial charge on any atom is 0.319 e. The Morgan fingerprint density at radius 3 is 2.87 bits per heavy atom. The van der Waals surface area contributed by atoms with Gasteiger partial charge in [0.05, 0.1) is 23.7 Å². The quantitative estimate of drug-likeness (QED) is 0.449. The lowest BCUT2D eigenvalue weighted by molar-refractivity contribution is 0.114. The molecule has 0 radical (unpaired) electrons. The van der Waals surface area contributed by atoms with Crippen LogP contribution < -0.4 is 26.0 Å². The number of nitrogen functional groups attached to an aromatic ring is 1. The average molecular weight is 426 g/mol. The first-order valence-corrected chi connectivity index (χ1v) is 10.2. The van der Waals surface area contributed by atoms with E-state index in [9.17, 15) is 4.79 Å². The molecule has 0 bridgehead atoms. The molecule has 0 spiro atoms. The van der Waals surface area contributed by atoms with Crippen LogP contribution in [0.1, 0.15) is 31.2 Å².